The summed E-state index contributed by atoms with van der Waals surface area (Å²) in [4.78, 5) is 4.45. The SMILES string of the molecule is CCCCCCc1ccc(C#Cc2ccc(OCCC)cc2)nc1. The fourth-order valence-corrected chi connectivity index (χ4v) is 2.39. The van der Waals surface area contributed by atoms with Crippen LogP contribution in [0.3, 0.4) is 0 Å². The van der Waals surface area contributed by atoms with E-state index in [9.17, 15) is 0 Å². The maximum atomic E-state index is 5.57. The van der Waals surface area contributed by atoms with Gasteiger partial charge in [0.1, 0.15) is 11.4 Å². The summed E-state index contributed by atoms with van der Waals surface area (Å²) < 4.78 is 5.57. The van der Waals surface area contributed by atoms with Crippen molar-refractivity contribution in [1.82, 2.24) is 4.98 Å². The monoisotopic (exact) mass is 321 g/mol. The van der Waals surface area contributed by atoms with Gasteiger partial charge in [0.25, 0.3) is 0 Å². The van der Waals surface area contributed by atoms with Gasteiger partial charge >= 0.3 is 0 Å². The second-order valence-corrected chi connectivity index (χ2v) is 5.99. The zero-order valence-electron chi connectivity index (χ0n) is 14.8. The molecule has 0 fully saturated rings. The van der Waals surface area contributed by atoms with Crippen molar-refractivity contribution in [1.29, 1.82) is 0 Å². The average Bonchev–Trinajstić information content (AvgIpc) is 2.64. The molecule has 2 aromatic rings. The van der Waals surface area contributed by atoms with Crippen LogP contribution in [0.4, 0.5) is 0 Å². The number of unbranched alkanes of at least 4 members (excludes halogenated alkanes) is 3. The molecule has 0 aliphatic carbocycles. The van der Waals surface area contributed by atoms with Crippen LogP contribution >= 0.6 is 0 Å². The second-order valence-electron chi connectivity index (χ2n) is 5.99. The van der Waals surface area contributed by atoms with Gasteiger partial charge in [-0.25, -0.2) is 4.98 Å². The molecule has 0 bridgehead atoms. The maximum Gasteiger partial charge on any atom is 0.119 e. The van der Waals surface area contributed by atoms with E-state index in [0.717, 1.165) is 36.5 Å². The summed E-state index contributed by atoms with van der Waals surface area (Å²) in [6.07, 6.45) is 9.22. The molecule has 0 aliphatic rings. The number of aryl methyl sites for hydroxylation is 1. The minimum Gasteiger partial charge on any atom is -0.494 e. The van der Waals surface area contributed by atoms with Crippen LogP contribution in [0.5, 0.6) is 5.75 Å². The van der Waals surface area contributed by atoms with E-state index < -0.39 is 0 Å². The van der Waals surface area contributed by atoms with E-state index in [1.807, 2.05) is 36.5 Å². The highest BCUT2D eigenvalue weighted by atomic mass is 16.5. The Morgan fingerprint density at radius 3 is 2.38 bits per heavy atom. The molecule has 0 aliphatic heterocycles. The largest absolute Gasteiger partial charge is 0.494 e. The highest BCUT2D eigenvalue weighted by Gasteiger charge is 1.96. The molecule has 24 heavy (non-hydrogen) atoms. The molecule has 126 valence electrons. The molecule has 0 atom stereocenters. The quantitative estimate of drug-likeness (QED) is 0.480. The first-order valence-electron chi connectivity index (χ1n) is 9.01. The van der Waals surface area contributed by atoms with E-state index in [-0.39, 0.29) is 0 Å². The number of hydrogen-bond acceptors (Lipinski definition) is 2. The molecule has 0 saturated heterocycles. The zero-order chi connectivity index (χ0) is 17.0. The molecule has 1 heterocycles. The highest BCUT2D eigenvalue weighted by molar-refractivity contribution is 5.42. The van der Waals surface area contributed by atoms with Gasteiger partial charge < -0.3 is 4.74 Å². The first-order chi connectivity index (χ1) is 11.8. The number of benzene rings is 1. The molecular weight excluding hydrogens is 294 g/mol. The molecule has 0 N–H and O–H groups in total. The lowest BCUT2D eigenvalue weighted by Gasteiger charge is -2.03. The van der Waals surface area contributed by atoms with Crippen LogP contribution in [-0.2, 0) is 6.42 Å². The third-order valence-corrected chi connectivity index (χ3v) is 3.81. The minimum absolute atomic E-state index is 0.750. The van der Waals surface area contributed by atoms with Crippen LogP contribution in [0.15, 0.2) is 42.6 Å². The summed E-state index contributed by atoms with van der Waals surface area (Å²) in [5.74, 6) is 7.18. The van der Waals surface area contributed by atoms with E-state index in [1.54, 1.807) is 0 Å². The Bertz CT molecular complexity index is 647. The minimum atomic E-state index is 0.750. The van der Waals surface area contributed by atoms with Crippen LogP contribution < -0.4 is 4.74 Å². The van der Waals surface area contributed by atoms with Gasteiger partial charge in [0.15, 0.2) is 0 Å². The number of pyridine rings is 1. The van der Waals surface area contributed by atoms with Gasteiger partial charge in [-0.05, 0) is 61.1 Å². The van der Waals surface area contributed by atoms with Crippen LogP contribution in [0.1, 0.15) is 62.8 Å². The molecule has 2 rings (SSSR count). The Balaban J connectivity index is 1.88. The van der Waals surface area contributed by atoms with Gasteiger partial charge in [0, 0.05) is 11.8 Å². The van der Waals surface area contributed by atoms with Crippen molar-refractivity contribution < 1.29 is 4.74 Å². The number of aromatic nitrogens is 1. The molecular formula is C22H27NO. The number of ether oxygens (including phenoxy) is 1. The number of hydrogen-bond donors (Lipinski definition) is 0. The average molecular weight is 321 g/mol. The molecule has 2 heteroatoms. The molecule has 1 aromatic carbocycles. The van der Waals surface area contributed by atoms with Crippen LogP contribution in [0.2, 0.25) is 0 Å². The first kappa shape index (κ1) is 18.1. The molecule has 0 saturated carbocycles. The van der Waals surface area contributed by atoms with Gasteiger partial charge in [-0.2, -0.15) is 0 Å². The maximum absolute atomic E-state index is 5.57. The number of rotatable bonds is 8. The lowest BCUT2D eigenvalue weighted by atomic mass is 10.1. The predicted molar refractivity (Wildman–Crippen MR) is 100 cm³/mol. The molecule has 1 aromatic heterocycles. The number of nitrogens with zero attached hydrogens (tertiary/aromatic N) is 1. The van der Waals surface area contributed by atoms with Crippen molar-refractivity contribution in [3.63, 3.8) is 0 Å². The summed E-state index contributed by atoms with van der Waals surface area (Å²) in [6.45, 7) is 5.09. The molecule has 0 amide bonds. The van der Waals surface area contributed by atoms with Crippen LogP contribution in [0.25, 0.3) is 0 Å². The smallest absolute Gasteiger partial charge is 0.119 e. The summed E-state index contributed by atoms with van der Waals surface area (Å²) in [7, 11) is 0. The van der Waals surface area contributed by atoms with E-state index in [4.69, 9.17) is 4.74 Å². The van der Waals surface area contributed by atoms with E-state index >= 15 is 0 Å². The lowest BCUT2D eigenvalue weighted by Crippen LogP contribution is -1.94. The van der Waals surface area contributed by atoms with Crippen molar-refractivity contribution in [2.45, 2.75) is 52.4 Å². The van der Waals surface area contributed by atoms with Gasteiger partial charge in [0.2, 0.25) is 0 Å². The molecule has 2 nitrogen and oxygen atoms in total. The Morgan fingerprint density at radius 1 is 0.875 bits per heavy atom. The molecule has 0 spiro atoms. The van der Waals surface area contributed by atoms with Crippen LogP contribution in [-0.4, -0.2) is 11.6 Å². The van der Waals surface area contributed by atoms with Gasteiger partial charge in [0.05, 0.1) is 6.61 Å². The second kappa shape index (κ2) is 10.5. The summed E-state index contributed by atoms with van der Waals surface area (Å²) in [5, 5.41) is 0. The zero-order valence-corrected chi connectivity index (χ0v) is 14.8. The van der Waals surface area contributed by atoms with Crippen LogP contribution in [0, 0.1) is 11.8 Å². The third-order valence-electron chi connectivity index (χ3n) is 3.81. The van der Waals surface area contributed by atoms with E-state index in [1.165, 1.54) is 31.2 Å². The van der Waals surface area contributed by atoms with Gasteiger partial charge in [-0.1, -0.05) is 45.1 Å². The lowest BCUT2D eigenvalue weighted by molar-refractivity contribution is 0.317. The Morgan fingerprint density at radius 2 is 1.71 bits per heavy atom. The first-order valence-corrected chi connectivity index (χ1v) is 9.01. The van der Waals surface area contributed by atoms with Gasteiger partial charge in [-0.3, -0.25) is 0 Å². The Labute approximate surface area is 146 Å². The molecule has 0 radical (unpaired) electrons. The van der Waals surface area contributed by atoms with Crippen molar-refractivity contribution in [3.8, 4) is 17.6 Å². The summed E-state index contributed by atoms with van der Waals surface area (Å²) in [5.41, 5.74) is 3.09. The van der Waals surface area contributed by atoms with Crippen molar-refractivity contribution in [2.75, 3.05) is 6.61 Å². The Kier molecular flexibility index (Phi) is 7.90. The topological polar surface area (TPSA) is 22.1 Å². The van der Waals surface area contributed by atoms with E-state index in [2.05, 4.69) is 36.7 Å². The standard InChI is InChI=1S/C22H27NO/c1-3-5-6-7-8-20-10-14-21(23-18-20)13-9-19-11-15-22(16-12-19)24-17-4-2/h10-12,14-16,18H,3-8,17H2,1-2H3. The fraction of sp³-hybridized carbons (Fsp3) is 0.409. The Hall–Kier alpha value is -2.27. The molecule has 0 unspecified atom stereocenters. The third kappa shape index (κ3) is 6.46. The van der Waals surface area contributed by atoms with Gasteiger partial charge in [-0.15, -0.1) is 0 Å². The van der Waals surface area contributed by atoms with E-state index in [0.29, 0.717) is 0 Å². The summed E-state index contributed by atoms with van der Waals surface area (Å²) in [6, 6.07) is 12.1. The van der Waals surface area contributed by atoms with Crippen molar-refractivity contribution in [3.05, 3.63) is 59.4 Å². The highest BCUT2D eigenvalue weighted by Crippen LogP contribution is 2.12. The van der Waals surface area contributed by atoms with Crippen molar-refractivity contribution >= 4 is 0 Å². The predicted octanol–water partition coefficient (Wildman–Crippen LogP) is 5.39. The van der Waals surface area contributed by atoms with Crippen molar-refractivity contribution in [2.24, 2.45) is 0 Å². The normalized spacial score (nSPS) is 10.1. The summed E-state index contributed by atoms with van der Waals surface area (Å²) >= 11 is 0. The fourth-order valence-electron chi connectivity index (χ4n) is 2.39.